The molecule has 0 bridgehead atoms. The lowest BCUT2D eigenvalue weighted by Crippen LogP contribution is -2.52. The van der Waals surface area contributed by atoms with E-state index in [1.807, 2.05) is 6.20 Å². The number of methoxy groups -OCH3 is 1. The minimum Gasteiger partial charge on any atom is -0.494 e. The molecule has 2 heterocycles. The van der Waals surface area contributed by atoms with Gasteiger partial charge in [-0.05, 0) is 12.8 Å². The van der Waals surface area contributed by atoms with Gasteiger partial charge in [-0.3, -0.25) is 0 Å². The van der Waals surface area contributed by atoms with Gasteiger partial charge in [0.05, 0.1) is 19.0 Å². The highest BCUT2D eigenvalue weighted by atomic mass is 35.5. The van der Waals surface area contributed by atoms with E-state index in [0.717, 1.165) is 31.1 Å². The second-order valence-corrected chi connectivity index (χ2v) is 4.91. The van der Waals surface area contributed by atoms with Crippen molar-refractivity contribution < 1.29 is 4.74 Å². The normalized spacial score (nSPS) is 19.3. The molecule has 3 rings (SSSR count). The van der Waals surface area contributed by atoms with Crippen LogP contribution in [0.1, 0.15) is 12.8 Å². The predicted molar refractivity (Wildman–Crippen MR) is 81.9 cm³/mol. The molecule has 2 fully saturated rings. The van der Waals surface area contributed by atoms with Crippen molar-refractivity contribution in [3.8, 4) is 5.75 Å². The van der Waals surface area contributed by atoms with Crippen LogP contribution in [0.4, 0.5) is 11.5 Å². The Morgan fingerprint density at radius 2 is 2.16 bits per heavy atom. The lowest BCUT2D eigenvalue weighted by Gasteiger charge is -2.36. The molecule has 0 atom stereocenters. The van der Waals surface area contributed by atoms with Crippen molar-refractivity contribution in [2.24, 2.45) is 0 Å². The molecule has 1 spiro atoms. The Balaban J connectivity index is 0.000000902. The zero-order chi connectivity index (χ0) is 11.9. The Hall–Kier alpha value is -0.910. The number of rotatable bonds is 2. The molecule has 0 amide bonds. The van der Waals surface area contributed by atoms with Crippen LogP contribution in [0, 0.1) is 0 Å². The van der Waals surface area contributed by atoms with Gasteiger partial charge < -0.3 is 20.7 Å². The van der Waals surface area contributed by atoms with Crippen LogP contribution in [0.2, 0.25) is 0 Å². The van der Waals surface area contributed by atoms with Crippen molar-refractivity contribution in [3.63, 3.8) is 0 Å². The third-order valence-electron chi connectivity index (χ3n) is 3.66. The van der Waals surface area contributed by atoms with Gasteiger partial charge in [-0.2, -0.15) is 0 Å². The topological polar surface area (TPSA) is 63.4 Å². The Labute approximate surface area is 125 Å². The summed E-state index contributed by atoms with van der Waals surface area (Å²) < 4.78 is 5.39. The fourth-order valence-corrected chi connectivity index (χ4v) is 2.49. The minimum atomic E-state index is 0. The summed E-state index contributed by atoms with van der Waals surface area (Å²) >= 11 is 0. The van der Waals surface area contributed by atoms with Gasteiger partial charge in [0.2, 0.25) is 0 Å². The van der Waals surface area contributed by atoms with Crippen LogP contribution in [-0.2, 0) is 0 Å². The summed E-state index contributed by atoms with van der Waals surface area (Å²) in [6.07, 6.45) is 4.36. The van der Waals surface area contributed by atoms with E-state index in [1.165, 1.54) is 12.8 Å². The lowest BCUT2D eigenvalue weighted by atomic mass is 10.1. The Kier molecular flexibility index (Phi) is 5.12. The highest BCUT2D eigenvalue weighted by molar-refractivity contribution is 5.85. The van der Waals surface area contributed by atoms with Crippen LogP contribution in [0.15, 0.2) is 12.3 Å². The van der Waals surface area contributed by atoms with Gasteiger partial charge in [-0.1, -0.05) is 0 Å². The number of pyridine rings is 1. The van der Waals surface area contributed by atoms with Gasteiger partial charge in [0.15, 0.2) is 0 Å². The molecule has 19 heavy (non-hydrogen) atoms. The molecular weight excluding hydrogens is 287 g/mol. The van der Waals surface area contributed by atoms with Gasteiger partial charge in [0, 0.05) is 31.2 Å². The molecular formula is C12H20Cl2N4O. The van der Waals surface area contributed by atoms with Crippen LogP contribution in [0.5, 0.6) is 5.75 Å². The highest BCUT2D eigenvalue weighted by Gasteiger charge is 2.45. The number of nitrogen functional groups attached to an aromatic ring is 1. The Morgan fingerprint density at radius 1 is 1.42 bits per heavy atom. The van der Waals surface area contributed by atoms with Crippen LogP contribution in [0.3, 0.4) is 0 Å². The summed E-state index contributed by atoms with van der Waals surface area (Å²) in [6, 6.07) is 1.79. The number of anilines is 2. The quantitative estimate of drug-likeness (QED) is 0.866. The van der Waals surface area contributed by atoms with E-state index in [4.69, 9.17) is 10.5 Å². The van der Waals surface area contributed by atoms with Crippen LogP contribution < -0.4 is 20.7 Å². The molecule has 1 aliphatic heterocycles. The summed E-state index contributed by atoms with van der Waals surface area (Å²) in [5.74, 6) is 1.32. The smallest absolute Gasteiger partial charge is 0.147 e. The lowest BCUT2D eigenvalue weighted by molar-refractivity contribution is 0.404. The molecule has 108 valence electrons. The summed E-state index contributed by atoms with van der Waals surface area (Å²) in [4.78, 5) is 6.51. The molecule has 0 unspecified atom stereocenters. The van der Waals surface area contributed by atoms with Crippen molar-refractivity contribution >= 4 is 36.3 Å². The van der Waals surface area contributed by atoms with E-state index in [-0.39, 0.29) is 24.8 Å². The fraction of sp³-hybridized carbons (Fsp3) is 0.583. The van der Waals surface area contributed by atoms with Crippen molar-refractivity contribution in [1.82, 2.24) is 10.3 Å². The molecule has 0 aromatic carbocycles. The summed E-state index contributed by atoms with van der Waals surface area (Å²) in [5, 5.41) is 3.59. The number of nitrogens with zero attached hydrogens (tertiary/aromatic N) is 2. The molecule has 1 aliphatic carbocycles. The summed E-state index contributed by atoms with van der Waals surface area (Å²) in [6.45, 7) is 3.05. The first-order valence-electron chi connectivity index (χ1n) is 6.02. The number of nitrogens with two attached hydrogens (primary N) is 1. The third kappa shape index (κ3) is 3.16. The third-order valence-corrected chi connectivity index (χ3v) is 3.66. The first-order valence-corrected chi connectivity index (χ1v) is 6.02. The van der Waals surface area contributed by atoms with E-state index in [2.05, 4.69) is 15.2 Å². The SMILES string of the molecule is COc1cc(N)ncc1N1CCNC2(CC2)C1.Cl.Cl. The van der Waals surface area contributed by atoms with Crippen molar-refractivity contribution in [2.75, 3.05) is 37.4 Å². The van der Waals surface area contributed by atoms with Gasteiger partial charge in [0.25, 0.3) is 0 Å². The average Bonchev–Trinajstić information content (AvgIpc) is 3.08. The first-order chi connectivity index (χ1) is 8.22. The average molecular weight is 307 g/mol. The monoisotopic (exact) mass is 306 g/mol. The van der Waals surface area contributed by atoms with E-state index in [1.54, 1.807) is 13.2 Å². The number of hydrogen-bond donors (Lipinski definition) is 2. The largest absolute Gasteiger partial charge is 0.494 e. The zero-order valence-electron chi connectivity index (χ0n) is 10.9. The fourth-order valence-electron chi connectivity index (χ4n) is 2.49. The number of aromatic nitrogens is 1. The maximum absolute atomic E-state index is 5.68. The van der Waals surface area contributed by atoms with E-state index >= 15 is 0 Å². The molecule has 1 saturated heterocycles. The van der Waals surface area contributed by atoms with Gasteiger partial charge in [0.1, 0.15) is 11.6 Å². The Morgan fingerprint density at radius 3 is 2.79 bits per heavy atom. The standard InChI is InChI=1S/C12H18N4O.2ClH/c1-17-10-6-11(13)14-7-9(10)16-5-4-15-12(8-16)2-3-12;;/h6-7,15H,2-5,8H2,1H3,(H2,13,14);2*1H. The van der Waals surface area contributed by atoms with Crippen LogP contribution in [0.25, 0.3) is 0 Å². The van der Waals surface area contributed by atoms with Crippen LogP contribution in [-0.4, -0.2) is 37.3 Å². The second-order valence-electron chi connectivity index (χ2n) is 4.91. The predicted octanol–water partition coefficient (Wildman–Crippen LogP) is 1.46. The number of nitrogens with one attached hydrogen (secondary N) is 1. The summed E-state index contributed by atoms with van der Waals surface area (Å²) in [7, 11) is 1.67. The van der Waals surface area contributed by atoms with Crippen LogP contribution >= 0.6 is 24.8 Å². The molecule has 3 N–H and O–H groups in total. The van der Waals surface area contributed by atoms with E-state index in [0.29, 0.717) is 11.4 Å². The maximum atomic E-state index is 5.68. The summed E-state index contributed by atoms with van der Waals surface area (Å²) in [5.41, 5.74) is 7.08. The number of ether oxygens (including phenoxy) is 1. The molecule has 1 aromatic heterocycles. The van der Waals surface area contributed by atoms with Gasteiger partial charge in [-0.15, -0.1) is 24.8 Å². The van der Waals surface area contributed by atoms with Crippen molar-refractivity contribution in [2.45, 2.75) is 18.4 Å². The number of hydrogen-bond acceptors (Lipinski definition) is 5. The molecule has 5 nitrogen and oxygen atoms in total. The van der Waals surface area contributed by atoms with E-state index < -0.39 is 0 Å². The van der Waals surface area contributed by atoms with Gasteiger partial charge >= 0.3 is 0 Å². The second kappa shape index (κ2) is 6.03. The Bertz CT molecular complexity index is 440. The highest BCUT2D eigenvalue weighted by Crippen LogP contribution is 2.40. The maximum Gasteiger partial charge on any atom is 0.147 e. The molecule has 7 heteroatoms. The number of halogens is 2. The molecule has 1 saturated carbocycles. The van der Waals surface area contributed by atoms with Crippen molar-refractivity contribution in [3.05, 3.63) is 12.3 Å². The van der Waals surface area contributed by atoms with E-state index in [9.17, 15) is 0 Å². The zero-order valence-corrected chi connectivity index (χ0v) is 12.5. The molecule has 1 aromatic rings. The number of piperazine rings is 1. The molecule has 0 radical (unpaired) electrons. The van der Waals surface area contributed by atoms with Crippen molar-refractivity contribution in [1.29, 1.82) is 0 Å². The van der Waals surface area contributed by atoms with Gasteiger partial charge in [-0.25, -0.2) is 4.98 Å². The molecule has 2 aliphatic rings. The first kappa shape index (κ1) is 16.1. The minimum absolute atomic E-state index is 0.